The molecule has 0 saturated carbocycles. The Morgan fingerprint density at radius 3 is 2.55 bits per heavy atom. The molecule has 0 aliphatic carbocycles. The van der Waals surface area contributed by atoms with Crippen molar-refractivity contribution in [3.8, 4) is 0 Å². The molecule has 0 saturated heterocycles. The monoisotopic (exact) mass is 411 g/mol. The van der Waals surface area contributed by atoms with Gasteiger partial charge in [0.25, 0.3) is 0 Å². The van der Waals surface area contributed by atoms with Crippen molar-refractivity contribution in [1.29, 1.82) is 0 Å². The zero-order valence-corrected chi connectivity index (χ0v) is 15.2. The van der Waals surface area contributed by atoms with Gasteiger partial charge >= 0.3 is 0 Å². The molecule has 22 heavy (non-hydrogen) atoms. The van der Waals surface area contributed by atoms with Crippen LogP contribution in [0, 0.1) is 6.92 Å². The molecular weight excluding hydrogens is 389 g/mol. The summed E-state index contributed by atoms with van der Waals surface area (Å²) in [5.41, 5.74) is 10.3. The van der Waals surface area contributed by atoms with E-state index in [4.69, 9.17) is 10.5 Å². The van der Waals surface area contributed by atoms with Gasteiger partial charge in [-0.25, -0.2) is 4.99 Å². The second-order valence-corrected chi connectivity index (χ2v) is 4.90. The fourth-order valence-corrected chi connectivity index (χ4v) is 2.09. The first kappa shape index (κ1) is 18.4. The Morgan fingerprint density at radius 1 is 1.14 bits per heavy atom. The topological polar surface area (TPSA) is 59.6 Å². The van der Waals surface area contributed by atoms with E-state index in [1.807, 2.05) is 55.5 Å². The lowest BCUT2D eigenvalue weighted by atomic mass is 10.1. The minimum atomic E-state index is 0. The minimum Gasteiger partial charge on any atom is -0.380 e. The van der Waals surface area contributed by atoms with E-state index in [0.29, 0.717) is 19.1 Å². The summed E-state index contributed by atoms with van der Waals surface area (Å²) >= 11 is 0. The van der Waals surface area contributed by atoms with Gasteiger partial charge < -0.3 is 15.8 Å². The summed E-state index contributed by atoms with van der Waals surface area (Å²) in [4.78, 5) is 4.39. The lowest BCUT2D eigenvalue weighted by Gasteiger charge is -2.08. The Morgan fingerprint density at radius 2 is 1.86 bits per heavy atom. The molecule has 5 heteroatoms. The average Bonchev–Trinajstić information content (AvgIpc) is 2.47. The number of hydrogen-bond donors (Lipinski definition) is 2. The summed E-state index contributed by atoms with van der Waals surface area (Å²) in [5.74, 6) is 0.410. The van der Waals surface area contributed by atoms with Gasteiger partial charge in [0.15, 0.2) is 5.96 Å². The highest BCUT2D eigenvalue weighted by Gasteiger charge is 2.01. The average molecular weight is 411 g/mol. The van der Waals surface area contributed by atoms with Crippen molar-refractivity contribution >= 4 is 35.6 Å². The molecule has 0 bridgehead atoms. The number of guanidine groups is 1. The number of nitrogens with zero attached hydrogens (tertiary/aromatic N) is 1. The van der Waals surface area contributed by atoms with E-state index in [9.17, 15) is 0 Å². The highest BCUT2D eigenvalue weighted by atomic mass is 127. The summed E-state index contributed by atoms with van der Waals surface area (Å²) in [7, 11) is 1.69. The summed E-state index contributed by atoms with van der Waals surface area (Å²) < 4.78 is 5.19. The lowest BCUT2D eigenvalue weighted by molar-refractivity contribution is 0.184. The Balaban J connectivity index is 0.00000242. The van der Waals surface area contributed by atoms with Crippen molar-refractivity contribution in [2.75, 3.05) is 12.4 Å². The normalized spacial score (nSPS) is 10.9. The molecule has 2 rings (SSSR count). The molecule has 3 N–H and O–H groups in total. The Labute approximate surface area is 148 Å². The van der Waals surface area contributed by atoms with Crippen LogP contribution in [0.25, 0.3) is 0 Å². The molecule has 0 aromatic heterocycles. The molecule has 0 atom stereocenters. The van der Waals surface area contributed by atoms with Crippen molar-refractivity contribution in [1.82, 2.24) is 0 Å². The minimum absolute atomic E-state index is 0. The number of ether oxygens (including phenoxy) is 1. The molecule has 4 nitrogen and oxygen atoms in total. The van der Waals surface area contributed by atoms with Crippen molar-refractivity contribution in [2.45, 2.75) is 20.1 Å². The van der Waals surface area contributed by atoms with Crippen molar-refractivity contribution in [2.24, 2.45) is 10.7 Å². The van der Waals surface area contributed by atoms with E-state index in [0.717, 1.165) is 16.8 Å². The van der Waals surface area contributed by atoms with E-state index >= 15 is 0 Å². The molecule has 0 spiro atoms. The van der Waals surface area contributed by atoms with Gasteiger partial charge in [0.2, 0.25) is 0 Å². The Kier molecular flexibility index (Phi) is 7.90. The summed E-state index contributed by atoms with van der Waals surface area (Å²) in [5, 5.41) is 3.10. The number of methoxy groups -OCH3 is 1. The SMILES string of the molecule is COCc1ccccc1CN=C(N)Nc1cccc(C)c1.I. The van der Waals surface area contributed by atoms with Crippen LogP contribution >= 0.6 is 24.0 Å². The Hall–Kier alpha value is -1.60. The van der Waals surface area contributed by atoms with Crippen molar-refractivity contribution < 1.29 is 4.74 Å². The lowest BCUT2D eigenvalue weighted by Crippen LogP contribution is -2.22. The standard InChI is InChI=1S/C17H21N3O.HI/c1-13-6-5-9-16(10-13)20-17(18)19-11-14-7-3-4-8-15(14)12-21-2;/h3-10H,11-12H2,1-2H3,(H3,18,19,20);1H. The predicted octanol–water partition coefficient (Wildman–Crippen LogP) is 3.69. The van der Waals surface area contributed by atoms with Crippen LogP contribution in [0.3, 0.4) is 0 Å². The largest absolute Gasteiger partial charge is 0.380 e. The van der Waals surface area contributed by atoms with Gasteiger partial charge in [-0.1, -0.05) is 36.4 Å². The molecule has 0 unspecified atom stereocenters. The number of nitrogens with two attached hydrogens (primary N) is 1. The number of rotatable bonds is 5. The van der Waals surface area contributed by atoms with E-state index in [-0.39, 0.29) is 24.0 Å². The molecule has 0 aliphatic rings. The maximum Gasteiger partial charge on any atom is 0.193 e. The van der Waals surface area contributed by atoms with E-state index < -0.39 is 0 Å². The third-order valence-electron chi connectivity index (χ3n) is 3.13. The molecule has 0 aliphatic heterocycles. The van der Waals surface area contributed by atoms with E-state index in [2.05, 4.69) is 10.3 Å². The number of hydrogen-bond acceptors (Lipinski definition) is 2. The zero-order valence-electron chi connectivity index (χ0n) is 12.9. The number of aryl methyl sites for hydroxylation is 1. The van der Waals surface area contributed by atoms with Crippen LogP contribution in [0.1, 0.15) is 16.7 Å². The number of benzene rings is 2. The Bertz CT molecular complexity index is 629. The fraction of sp³-hybridized carbons (Fsp3) is 0.235. The molecule has 2 aromatic rings. The maximum absolute atomic E-state index is 5.94. The van der Waals surface area contributed by atoms with Gasteiger partial charge in [0.05, 0.1) is 13.2 Å². The van der Waals surface area contributed by atoms with E-state index in [1.54, 1.807) is 7.11 Å². The smallest absolute Gasteiger partial charge is 0.193 e. The molecule has 0 heterocycles. The van der Waals surface area contributed by atoms with Gasteiger partial charge in [-0.3, -0.25) is 0 Å². The first-order valence-electron chi connectivity index (χ1n) is 6.88. The summed E-state index contributed by atoms with van der Waals surface area (Å²) in [6, 6.07) is 16.1. The highest BCUT2D eigenvalue weighted by molar-refractivity contribution is 14.0. The van der Waals surface area contributed by atoms with Crippen molar-refractivity contribution in [3.05, 3.63) is 65.2 Å². The van der Waals surface area contributed by atoms with Crippen LogP contribution in [-0.2, 0) is 17.9 Å². The third kappa shape index (κ3) is 5.65. The van der Waals surface area contributed by atoms with E-state index in [1.165, 1.54) is 5.56 Å². The zero-order chi connectivity index (χ0) is 15.1. The van der Waals surface area contributed by atoms with Crippen LogP contribution < -0.4 is 11.1 Å². The molecule has 118 valence electrons. The fourth-order valence-electron chi connectivity index (χ4n) is 2.09. The number of halogens is 1. The molecule has 0 amide bonds. The number of nitrogens with one attached hydrogen (secondary N) is 1. The quantitative estimate of drug-likeness (QED) is 0.448. The second kappa shape index (κ2) is 9.42. The van der Waals surface area contributed by atoms with Gasteiger partial charge in [0.1, 0.15) is 0 Å². The predicted molar refractivity (Wildman–Crippen MR) is 103 cm³/mol. The number of anilines is 1. The van der Waals surface area contributed by atoms with Crippen molar-refractivity contribution in [3.63, 3.8) is 0 Å². The van der Waals surface area contributed by atoms with Crippen LogP contribution in [0.15, 0.2) is 53.5 Å². The molecule has 0 fully saturated rings. The second-order valence-electron chi connectivity index (χ2n) is 4.90. The highest BCUT2D eigenvalue weighted by Crippen LogP contribution is 2.12. The van der Waals surface area contributed by atoms with Crippen LogP contribution in [0.4, 0.5) is 5.69 Å². The van der Waals surface area contributed by atoms with Crippen LogP contribution in [0.5, 0.6) is 0 Å². The number of aliphatic imine (C=N–C) groups is 1. The third-order valence-corrected chi connectivity index (χ3v) is 3.13. The first-order valence-corrected chi connectivity index (χ1v) is 6.88. The molecule has 0 radical (unpaired) electrons. The van der Waals surface area contributed by atoms with Crippen LogP contribution in [-0.4, -0.2) is 13.1 Å². The summed E-state index contributed by atoms with van der Waals surface area (Å²) in [6.07, 6.45) is 0. The first-order chi connectivity index (χ1) is 10.2. The van der Waals surface area contributed by atoms with Crippen LogP contribution in [0.2, 0.25) is 0 Å². The maximum atomic E-state index is 5.94. The molecular formula is C17H22IN3O. The summed E-state index contributed by atoms with van der Waals surface area (Å²) in [6.45, 7) is 3.15. The van der Waals surface area contributed by atoms with Gasteiger partial charge in [0, 0.05) is 12.8 Å². The van der Waals surface area contributed by atoms with Gasteiger partial charge in [-0.05, 0) is 35.7 Å². The van der Waals surface area contributed by atoms with Gasteiger partial charge in [-0.15, -0.1) is 24.0 Å². The molecule has 2 aromatic carbocycles. The van der Waals surface area contributed by atoms with Gasteiger partial charge in [-0.2, -0.15) is 0 Å².